The first-order chi connectivity index (χ1) is 16.8. The van der Waals surface area contributed by atoms with Gasteiger partial charge in [-0.05, 0) is 48.4 Å². The quantitative estimate of drug-likeness (QED) is 0.313. The first kappa shape index (κ1) is 22.9. The lowest BCUT2D eigenvalue weighted by Gasteiger charge is -2.30. The summed E-state index contributed by atoms with van der Waals surface area (Å²) < 4.78 is 49.9. The van der Waals surface area contributed by atoms with Crippen LogP contribution in [0.3, 0.4) is 0 Å². The molecule has 1 aliphatic rings. The van der Waals surface area contributed by atoms with Crippen molar-refractivity contribution >= 4 is 23.1 Å². The van der Waals surface area contributed by atoms with Gasteiger partial charge in [0.2, 0.25) is 11.7 Å². The molecule has 178 valence electrons. The highest BCUT2D eigenvalue weighted by atomic mass is 32.1. The molecule has 1 unspecified atom stereocenters. The minimum Gasteiger partial charge on any atom is -0.457 e. The highest BCUT2D eigenvalue weighted by Crippen LogP contribution is 2.43. The average Bonchev–Trinajstić information content (AvgIpc) is 3.52. The summed E-state index contributed by atoms with van der Waals surface area (Å²) in [5.74, 6) is 0.173. The largest absolute Gasteiger partial charge is 0.457 e. The van der Waals surface area contributed by atoms with E-state index in [2.05, 4.69) is 15.4 Å². The number of aromatic nitrogens is 3. The zero-order valence-corrected chi connectivity index (χ0v) is 19.2. The summed E-state index contributed by atoms with van der Waals surface area (Å²) >= 11 is 1.18. The number of carbonyl (C=O) groups excluding carboxylic acids is 1. The number of fused-ring (bicyclic) bond motifs is 1. The second kappa shape index (κ2) is 9.03. The summed E-state index contributed by atoms with van der Waals surface area (Å²) in [7, 11) is 0. The fourth-order valence-electron chi connectivity index (χ4n) is 3.93. The van der Waals surface area contributed by atoms with Crippen LogP contribution in [0.1, 0.15) is 33.1 Å². The maximum Gasteiger partial charge on any atom is 0.431 e. The Balaban J connectivity index is 1.65. The van der Waals surface area contributed by atoms with E-state index in [4.69, 9.17) is 4.74 Å². The summed E-state index contributed by atoms with van der Waals surface area (Å²) in [6.07, 6.45) is -2.98. The predicted octanol–water partition coefficient (Wildman–Crippen LogP) is 6.41. The van der Waals surface area contributed by atoms with Crippen LogP contribution < -0.4 is 10.1 Å². The van der Waals surface area contributed by atoms with Gasteiger partial charge in [0.05, 0.1) is 10.5 Å². The number of hydrogen-bond acceptors (Lipinski definition) is 6. The van der Waals surface area contributed by atoms with E-state index in [9.17, 15) is 18.0 Å². The Morgan fingerprint density at radius 3 is 2.57 bits per heavy atom. The van der Waals surface area contributed by atoms with E-state index in [0.717, 1.165) is 11.2 Å². The molecule has 0 amide bonds. The Morgan fingerprint density at radius 1 is 1.09 bits per heavy atom. The number of allylic oxidation sites excluding steroid dienone is 2. The number of halogens is 3. The van der Waals surface area contributed by atoms with Crippen LogP contribution in [0, 0.1) is 0 Å². The van der Waals surface area contributed by atoms with Gasteiger partial charge in [-0.1, -0.05) is 37.3 Å². The molecule has 0 saturated carbocycles. The summed E-state index contributed by atoms with van der Waals surface area (Å²) in [6.45, 7) is 1.92. The third-order valence-corrected chi connectivity index (χ3v) is 6.74. The second-order valence-electron chi connectivity index (χ2n) is 7.78. The van der Waals surface area contributed by atoms with E-state index in [0.29, 0.717) is 23.5 Å². The zero-order chi connectivity index (χ0) is 24.6. The molecule has 1 atom stereocenters. The maximum atomic E-state index is 14.2. The van der Waals surface area contributed by atoms with Crippen molar-refractivity contribution in [3.63, 3.8) is 0 Å². The third-order valence-electron chi connectivity index (χ3n) is 5.51. The molecule has 2 aromatic carbocycles. The molecule has 3 heterocycles. The number of rotatable bonds is 6. The first-order valence-electron chi connectivity index (χ1n) is 10.8. The van der Waals surface area contributed by atoms with Gasteiger partial charge in [0.1, 0.15) is 29.6 Å². The predicted molar refractivity (Wildman–Crippen MR) is 126 cm³/mol. The summed E-state index contributed by atoms with van der Waals surface area (Å²) in [6, 6.07) is 17.8. The van der Waals surface area contributed by atoms with Crippen LogP contribution in [-0.4, -0.2) is 26.7 Å². The molecule has 6 nitrogen and oxygen atoms in total. The minimum atomic E-state index is -4.82. The Morgan fingerprint density at radius 2 is 1.86 bits per heavy atom. The number of thiophene rings is 1. The lowest BCUT2D eigenvalue weighted by molar-refractivity contribution is -0.0918. The number of nitrogens with zero attached hydrogens (tertiary/aromatic N) is 3. The van der Waals surface area contributed by atoms with Gasteiger partial charge < -0.3 is 10.1 Å². The monoisotopic (exact) mass is 496 g/mol. The molecule has 0 spiro atoms. The number of benzene rings is 2. The zero-order valence-electron chi connectivity index (χ0n) is 18.4. The van der Waals surface area contributed by atoms with Gasteiger partial charge in [0, 0.05) is 4.88 Å². The number of aryl methyl sites for hydroxylation is 1. The van der Waals surface area contributed by atoms with E-state index in [1.54, 1.807) is 48.5 Å². The van der Waals surface area contributed by atoms with Crippen molar-refractivity contribution in [2.75, 3.05) is 5.32 Å². The van der Waals surface area contributed by atoms with Crippen LogP contribution in [0.2, 0.25) is 0 Å². The number of alkyl halides is 3. The van der Waals surface area contributed by atoms with Crippen molar-refractivity contribution in [1.82, 2.24) is 14.8 Å². The smallest absolute Gasteiger partial charge is 0.431 e. The summed E-state index contributed by atoms with van der Waals surface area (Å²) in [5.41, 5.74) is -1.19. The van der Waals surface area contributed by atoms with Crippen LogP contribution in [0.25, 0.3) is 0 Å². The minimum absolute atomic E-state index is 0.103. The van der Waals surface area contributed by atoms with Crippen LogP contribution >= 0.6 is 11.3 Å². The van der Waals surface area contributed by atoms with E-state index in [1.165, 1.54) is 16.0 Å². The molecular formula is C25H19F3N4O2S. The molecule has 2 aromatic heterocycles. The second-order valence-corrected chi connectivity index (χ2v) is 8.95. The van der Waals surface area contributed by atoms with Crippen LogP contribution in [0.5, 0.6) is 11.5 Å². The van der Waals surface area contributed by atoms with Crippen LogP contribution in [0.4, 0.5) is 19.1 Å². The van der Waals surface area contributed by atoms with Crippen molar-refractivity contribution in [2.45, 2.75) is 25.6 Å². The van der Waals surface area contributed by atoms with Crippen molar-refractivity contribution in [3.8, 4) is 11.5 Å². The first-order valence-corrected chi connectivity index (χ1v) is 11.6. The molecule has 0 saturated heterocycles. The van der Waals surface area contributed by atoms with Gasteiger partial charge in [-0.3, -0.25) is 4.79 Å². The summed E-state index contributed by atoms with van der Waals surface area (Å²) in [5, 5.41) is 6.43. The molecular weight excluding hydrogens is 477 g/mol. The number of Topliss-reactive ketones (excluding diaryl/α,β-unsaturated/α-hetero) is 1. The normalized spacial score (nSPS) is 15.5. The molecule has 10 heteroatoms. The van der Waals surface area contributed by atoms with Crippen molar-refractivity contribution in [1.29, 1.82) is 0 Å². The number of hydrogen-bond donors (Lipinski definition) is 1. The highest BCUT2D eigenvalue weighted by molar-refractivity contribution is 7.14. The molecule has 1 N–H and O–H groups in total. The van der Waals surface area contributed by atoms with Gasteiger partial charge >= 0.3 is 6.18 Å². The average molecular weight is 497 g/mol. The van der Waals surface area contributed by atoms with Crippen molar-refractivity contribution in [2.24, 2.45) is 0 Å². The lowest BCUT2D eigenvalue weighted by atomic mass is 9.91. The molecule has 0 fully saturated rings. The number of anilines is 1. The SMILES string of the molecule is CCc1ccc(C(=O)C2=C(C(F)(F)F)Nc3ncnn3C2c2cccc(Oc3ccccc3)c2)s1. The van der Waals surface area contributed by atoms with Crippen LogP contribution in [-0.2, 0) is 6.42 Å². The van der Waals surface area contributed by atoms with Gasteiger partial charge in [-0.2, -0.15) is 23.3 Å². The molecule has 35 heavy (non-hydrogen) atoms. The number of nitrogens with one attached hydrogen (secondary N) is 1. The number of para-hydroxylation sites is 1. The molecule has 4 aromatic rings. The fourth-order valence-corrected chi connectivity index (χ4v) is 4.83. The van der Waals surface area contributed by atoms with Gasteiger partial charge in [-0.25, -0.2) is 4.68 Å². The topological polar surface area (TPSA) is 69.0 Å². The Bertz CT molecular complexity index is 1410. The van der Waals surface area contributed by atoms with E-state index in [1.807, 2.05) is 25.1 Å². The number of carbonyl (C=O) groups is 1. The summed E-state index contributed by atoms with van der Waals surface area (Å²) in [4.78, 5) is 18.7. The third kappa shape index (κ3) is 4.44. The molecule has 0 bridgehead atoms. The van der Waals surface area contributed by atoms with Crippen molar-refractivity contribution < 1.29 is 22.7 Å². The molecule has 0 radical (unpaired) electrons. The number of ketones is 1. The van der Waals surface area contributed by atoms with E-state index in [-0.39, 0.29) is 10.8 Å². The van der Waals surface area contributed by atoms with Gasteiger partial charge in [0.25, 0.3) is 0 Å². The molecule has 1 aliphatic heterocycles. The Labute approximate surface area is 202 Å². The Hall–Kier alpha value is -3.92. The van der Waals surface area contributed by atoms with Gasteiger partial charge in [0.15, 0.2) is 0 Å². The van der Waals surface area contributed by atoms with Crippen LogP contribution in [0.15, 0.2) is 84.3 Å². The fraction of sp³-hybridized carbons (Fsp3) is 0.160. The highest BCUT2D eigenvalue weighted by Gasteiger charge is 2.46. The Kier molecular flexibility index (Phi) is 5.89. The standard InChI is InChI=1S/C25H19F3N4O2S/c1-2-18-11-12-19(35-18)22(33)20-21(32-24(29-14-30-32)31-23(20)25(26,27)28)15-7-6-10-17(13-15)34-16-8-4-3-5-9-16/h3-14,21H,2H2,1H3,(H,29,30,31). The maximum absolute atomic E-state index is 14.2. The van der Waals surface area contributed by atoms with E-state index < -0.39 is 29.3 Å². The van der Waals surface area contributed by atoms with Crippen molar-refractivity contribution in [3.05, 3.63) is 99.6 Å². The lowest BCUT2D eigenvalue weighted by Crippen LogP contribution is -2.35. The molecule has 0 aliphatic carbocycles. The molecule has 5 rings (SSSR count). The van der Waals surface area contributed by atoms with E-state index >= 15 is 0 Å². The number of ether oxygens (including phenoxy) is 1. The van der Waals surface area contributed by atoms with Gasteiger partial charge in [-0.15, -0.1) is 11.3 Å².